The first-order chi connectivity index (χ1) is 15.1. The van der Waals surface area contributed by atoms with Crippen LogP contribution in [0.4, 0.5) is 26.3 Å². The van der Waals surface area contributed by atoms with Gasteiger partial charge in [-0.1, -0.05) is 17.7 Å². The summed E-state index contributed by atoms with van der Waals surface area (Å²) in [6, 6.07) is 7.09. The summed E-state index contributed by atoms with van der Waals surface area (Å²) in [6.45, 7) is -0.419. The fourth-order valence-corrected chi connectivity index (χ4v) is 3.37. The predicted octanol–water partition coefficient (Wildman–Crippen LogP) is 5.60. The highest BCUT2D eigenvalue weighted by molar-refractivity contribution is 6.31. The molecule has 32 heavy (non-hydrogen) atoms. The maximum atomic E-state index is 14.7. The van der Waals surface area contributed by atoms with Crippen molar-refractivity contribution in [2.24, 2.45) is 0 Å². The molecular formula is C21H10ClF6N3O. The zero-order chi connectivity index (χ0) is 23.2. The molecular weight excluding hydrogens is 460 g/mol. The SMILES string of the molecule is O=c1c(-c2cccc(C(F)(F)F)c2F)nn(Cc2ncc(F)cc2F)c2ccc(Cl)cc12. The summed E-state index contributed by atoms with van der Waals surface area (Å²) >= 11 is 5.96. The van der Waals surface area contributed by atoms with E-state index < -0.39 is 52.4 Å². The van der Waals surface area contributed by atoms with E-state index in [0.29, 0.717) is 12.1 Å². The van der Waals surface area contributed by atoms with Gasteiger partial charge in [-0.25, -0.2) is 13.2 Å². The molecule has 2 aromatic carbocycles. The van der Waals surface area contributed by atoms with Gasteiger partial charge in [-0.3, -0.25) is 14.5 Å². The van der Waals surface area contributed by atoms with Crippen molar-refractivity contribution >= 4 is 22.5 Å². The number of rotatable bonds is 3. The van der Waals surface area contributed by atoms with Crippen molar-refractivity contribution in [1.29, 1.82) is 0 Å². The number of pyridine rings is 1. The maximum Gasteiger partial charge on any atom is 0.419 e. The summed E-state index contributed by atoms with van der Waals surface area (Å²) in [5.41, 5.74) is -3.88. The van der Waals surface area contributed by atoms with Gasteiger partial charge in [0, 0.05) is 16.7 Å². The van der Waals surface area contributed by atoms with Crippen LogP contribution >= 0.6 is 11.6 Å². The largest absolute Gasteiger partial charge is 0.419 e. The molecule has 0 fully saturated rings. The van der Waals surface area contributed by atoms with Crippen molar-refractivity contribution < 1.29 is 26.3 Å². The molecule has 4 aromatic rings. The normalized spacial score (nSPS) is 11.8. The van der Waals surface area contributed by atoms with Crippen LogP contribution in [0.25, 0.3) is 22.2 Å². The second kappa shape index (κ2) is 7.94. The van der Waals surface area contributed by atoms with Crippen LogP contribution in [0, 0.1) is 17.5 Å². The van der Waals surface area contributed by atoms with Crippen LogP contribution in [-0.2, 0) is 12.7 Å². The monoisotopic (exact) mass is 469 g/mol. The Hall–Kier alpha value is -3.40. The molecule has 0 atom stereocenters. The third-order valence-corrected chi connectivity index (χ3v) is 4.89. The average molecular weight is 470 g/mol. The first-order valence-corrected chi connectivity index (χ1v) is 9.30. The van der Waals surface area contributed by atoms with Crippen molar-refractivity contribution in [3.8, 4) is 11.3 Å². The van der Waals surface area contributed by atoms with Crippen LogP contribution in [0.5, 0.6) is 0 Å². The number of alkyl halides is 3. The third-order valence-electron chi connectivity index (χ3n) is 4.66. The van der Waals surface area contributed by atoms with E-state index in [1.807, 2.05) is 0 Å². The molecule has 164 valence electrons. The van der Waals surface area contributed by atoms with Gasteiger partial charge in [-0.05, 0) is 30.3 Å². The third kappa shape index (κ3) is 3.93. The Morgan fingerprint density at radius 2 is 1.78 bits per heavy atom. The van der Waals surface area contributed by atoms with Crippen LogP contribution in [0.2, 0.25) is 5.02 Å². The number of nitrogens with zero attached hydrogens (tertiary/aromatic N) is 3. The predicted molar refractivity (Wildman–Crippen MR) is 105 cm³/mol. The van der Waals surface area contributed by atoms with Crippen LogP contribution < -0.4 is 5.43 Å². The van der Waals surface area contributed by atoms with E-state index in [0.717, 1.165) is 23.0 Å². The Morgan fingerprint density at radius 3 is 2.47 bits per heavy atom. The lowest BCUT2D eigenvalue weighted by molar-refractivity contribution is -0.139. The molecule has 0 aliphatic carbocycles. The molecule has 4 rings (SSSR count). The van der Waals surface area contributed by atoms with Gasteiger partial charge >= 0.3 is 6.18 Å². The lowest BCUT2D eigenvalue weighted by Gasteiger charge is -2.14. The van der Waals surface area contributed by atoms with E-state index in [-0.39, 0.29) is 21.6 Å². The molecule has 2 aromatic heterocycles. The summed E-state index contributed by atoms with van der Waals surface area (Å²) in [5.74, 6) is -3.59. The van der Waals surface area contributed by atoms with Gasteiger partial charge in [0.25, 0.3) is 0 Å². The molecule has 0 saturated heterocycles. The van der Waals surface area contributed by atoms with Crippen LogP contribution in [0.15, 0.2) is 53.5 Å². The Kier molecular flexibility index (Phi) is 5.41. The van der Waals surface area contributed by atoms with Crippen LogP contribution in [-0.4, -0.2) is 14.8 Å². The Balaban J connectivity index is 1.99. The fourth-order valence-electron chi connectivity index (χ4n) is 3.19. The molecule has 0 aliphatic heterocycles. The van der Waals surface area contributed by atoms with Crippen molar-refractivity contribution in [3.05, 3.63) is 92.6 Å². The Morgan fingerprint density at radius 1 is 1.03 bits per heavy atom. The van der Waals surface area contributed by atoms with Gasteiger partial charge < -0.3 is 0 Å². The smallest absolute Gasteiger partial charge is 0.287 e. The van der Waals surface area contributed by atoms with E-state index >= 15 is 0 Å². The molecule has 2 heterocycles. The van der Waals surface area contributed by atoms with Gasteiger partial charge in [-0.2, -0.15) is 18.3 Å². The van der Waals surface area contributed by atoms with E-state index in [9.17, 15) is 31.1 Å². The topological polar surface area (TPSA) is 47.8 Å². The lowest BCUT2D eigenvalue weighted by atomic mass is 10.0. The number of fused-ring (bicyclic) bond motifs is 1. The van der Waals surface area contributed by atoms with E-state index in [2.05, 4.69) is 10.1 Å². The summed E-state index contributed by atoms with van der Waals surface area (Å²) in [4.78, 5) is 16.6. The van der Waals surface area contributed by atoms with E-state index in [1.54, 1.807) is 0 Å². The molecule has 0 amide bonds. The molecule has 4 nitrogen and oxygen atoms in total. The summed E-state index contributed by atoms with van der Waals surface area (Å²) < 4.78 is 82.6. The molecule has 0 bridgehead atoms. The molecule has 0 unspecified atom stereocenters. The highest BCUT2D eigenvalue weighted by Gasteiger charge is 2.35. The summed E-state index contributed by atoms with van der Waals surface area (Å²) in [5, 5.41) is 4.05. The van der Waals surface area contributed by atoms with Crippen LogP contribution in [0.3, 0.4) is 0 Å². The number of benzene rings is 2. The van der Waals surface area contributed by atoms with E-state index in [1.165, 1.54) is 18.2 Å². The highest BCUT2D eigenvalue weighted by atomic mass is 35.5. The van der Waals surface area contributed by atoms with Crippen molar-refractivity contribution in [1.82, 2.24) is 14.8 Å². The lowest BCUT2D eigenvalue weighted by Crippen LogP contribution is -2.19. The zero-order valence-electron chi connectivity index (χ0n) is 15.7. The van der Waals surface area contributed by atoms with Gasteiger partial charge in [0.1, 0.15) is 23.1 Å². The standard InChI is InChI=1S/C21H10ClF6N3O/c22-10-4-5-17-13(6-10)20(32)19(12-2-1-3-14(18(12)25)21(26,27)28)30-31(17)9-16-15(24)7-11(23)8-29-16/h1-8H,9H2. The maximum absolute atomic E-state index is 14.7. The Bertz CT molecular complexity index is 1420. The molecule has 0 saturated carbocycles. The zero-order valence-corrected chi connectivity index (χ0v) is 16.5. The minimum Gasteiger partial charge on any atom is -0.287 e. The first-order valence-electron chi connectivity index (χ1n) is 8.92. The van der Waals surface area contributed by atoms with Gasteiger partial charge in [0.05, 0.1) is 34.9 Å². The van der Waals surface area contributed by atoms with E-state index in [4.69, 9.17) is 11.6 Å². The Labute approximate surface area is 180 Å². The molecule has 0 N–H and O–H groups in total. The summed E-state index contributed by atoms with van der Waals surface area (Å²) in [6.07, 6.45) is -4.23. The van der Waals surface area contributed by atoms with Crippen molar-refractivity contribution in [2.75, 3.05) is 0 Å². The molecule has 0 aliphatic rings. The molecule has 0 spiro atoms. The highest BCUT2D eigenvalue weighted by Crippen LogP contribution is 2.34. The number of hydrogen-bond acceptors (Lipinski definition) is 3. The van der Waals surface area contributed by atoms with Crippen molar-refractivity contribution in [3.63, 3.8) is 0 Å². The second-order valence-electron chi connectivity index (χ2n) is 6.74. The number of halogens is 7. The number of hydrogen-bond donors (Lipinski definition) is 0. The first kappa shape index (κ1) is 21.8. The second-order valence-corrected chi connectivity index (χ2v) is 7.18. The minimum atomic E-state index is -5.00. The fraction of sp³-hybridized carbons (Fsp3) is 0.0952. The molecule has 0 radical (unpaired) electrons. The molecule has 11 heteroatoms. The quantitative estimate of drug-likeness (QED) is 0.367. The van der Waals surface area contributed by atoms with Gasteiger partial charge in [0.2, 0.25) is 5.43 Å². The van der Waals surface area contributed by atoms with Gasteiger partial charge in [0.15, 0.2) is 0 Å². The number of aromatic nitrogens is 3. The minimum absolute atomic E-state index is 0.0816. The summed E-state index contributed by atoms with van der Waals surface area (Å²) in [7, 11) is 0. The average Bonchev–Trinajstić information content (AvgIpc) is 2.71. The van der Waals surface area contributed by atoms with Gasteiger partial charge in [-0.15, -0.1) is 0 Å². The van der Waals surface area contributed by atoms with Crippen LogP contribution in [0.1, 0.15) is 11.3 Å². The van der Waals surface area contributed by atoms with Crippen molar-refractivity contribution in [2.45, 2.75) is 12.7 Å².